The zero-order valence-electron chi connectivity index (χ0n) is 14.4. The number of nitrogens with zero attached hydrogens (tertiary/aromatic N) is 2. The van der Waals surface area contributed by atoms with E-state index in [4.69, 9.17) is 9.47 Å². The maximum absolute atomic E-state index is 13.0. The van der Waals surface area contributed by atoms with E-state index < -0.39 is 0 Å². The lowest BCUT2D eigenvalue weighted by Crippen LogP contribution is -2.38. The molecule has 0 bridgehead atoms. The standard InChI is InChI=1S/C17H21N3O5/c1-4-9-20(11-15(21)18-14-8-10-25-19-14)17(22)16-12(23-2)6-5-7-13(16)24-3/h5-8,10H,4,9,11H2,1-3H3,(H,18,19,21). The number of nitrogens with one attached hydrogen (secondary N) is 1. The van der Waals surface area contributed by atoms with E-state index in [2.05, 4.69) is 15.0 Å². The van der Waals surface area contributed by atoms with Crippen LogP contribution >= 0.6 is 0 Å². The van der Waals surface area contributed by atoms with Crippen LogP contribution in [0, 0.1) is 0 Å². The molecule has 134 valence electrons. The van der Waals surface area contributed by atoms with Gasteiger partial charge in [0, 0.05) is 12.6 Å². The Morgan fingerprint density at radius 1 is 1.20 bits per heavy atom. The summed E-state index contributed by atoms with van der Waals surface area (Å²) in [5.41, 5.74) is 0.287. The molecule has 0 unspecified atom stereocenters. The van der Waals surface area contributed by atoms with E-state index in [1.807, 2.05) is 6.92 Å². The molecule has 0 atom stereocenters. The predicted octanol–water partition coefficient (Wildman–Crippen LogP) is 2.18. The Balaban J connectivity index is 2.21. The Kier molecular flexibility index (Phi) is 6.39. The SMILES string of the molecule is CCCN(CC(=O)Nc1ccon1)C(=O)c1c(OC)cccc1OC. The maximum atomic E-state index is 13.0. The van der Waals surface area contributed by atoms with Gasteiger partial charge in [0.2, 0.25) is 5.91 Å². The summed E-state index contributed by atoms with van der Waals surface area (Å²) in [7, 11) is 2.96. The Morgan fingerprint density at radius 3 is 2.40 bits per heavy atom. The van der Waals surface area contributed by atoms with Crippen LogP contribution in [0.3, 0.4) is 0 Å². The molecule has 0 fully saturated rings. The van der Waals surface area contributed by atoms with Crippen LogP contribution in [0.25, 0.3) is 0 Å². The molecular formula is C17H21N3O5. The summed E-state index contributed by atoms with van der Waals surface area (Å²) < 4.78 is 15.2. The predicted molar refractivity (Wildman–Crippen MR) is 90.9 cm³/mol. The summed E-state index contributed by atoms with van der Waals surface area (Å²) in [6.45, 7) is 2.21. The second-order valence-corrected chi connectivity index (χ2v) is 5.20. The summed E-state index contributed by atoms with van der Waals surface area (Å²) in [6.07, 6.45) is 2.05. The quantitative estimate of drug-likeness (QED) is 0.787. The first-order valence-corrected chi connectivity index (χ1v) is 7.81. The zero-order valence-corrected chi connectivity index (χ0v) is 14.4. The van der Waals surface area contributed by atoms with Crippen molar-refractivity contribution in [1.29, 1.82) is 0 Å². The Bertz CT molecular complexity index is 693. The number of methoxy groups -OCH3 is 2. The number of ether oxygens (including phenoxy) is 2. The van der Waals surface area contributed by atoms with E-state index >= 15 is 0 Å². The molecule has 25 heavy (non-hydrogen) atoms. The molecule has 1 aromatic heterocycles. The van der Waals surface area contributed by atoms with Gasteiger partial charge >= 0.3 is 0 Å². The van der Waals surface area contributed by atoms with Gasteiger partial charge in [0.05, 0.1) is 14.2 Å². The molecule has 0 aliphatic rings. The number of amides is 2. The minimum Gasteiger partial charge on any atom is -0.496 e. The fourth-order valence-corrected chi connectivity index (χ4v) is 2.38. The topological polar surface area (TPSA) is 93.9 Å². The van der Waals surface area contributed by atoms with Crippen LogP contribution in [0.2, 0.25) is 0 Å². The van der Waals surface area contributed by atoms with Gasteiger partial charge in [0.1, 0.15) is 29.9 Å². The molecule has 2 aromatic rings. The molecule has 2 rings (SSSR count). The van der Waals surface area contributed by atoms with Gasteiger partial charge in [-0.25, -0.2) is 0 Å². The van der Waals surface area contributed by atoms with Gasteiger partial charge in [-0.1, -0.05) is 18.1 Å². The smallest absolute Gasteiger partial charge is 0.261 e. The van der Waals surface area contributed by atoms with Crippen molar-refractivity contribution in [2.24, 2.45) is 0 Å². The van der Waals surface area contributed by atoms with Crippen molar-refractivity contribution >= 4 is 17.6 Å². The van der Waals surface area contributed by atoms with Crippen molar-refractivity contribution in [3.63, 3.8) is 0 Å². The lowest BCUT2D eigenvalue weighted by molar-refractivity contribution is -0.116. The van der Waals surface area contributed by atoms with Crippen molar-refractivity contribution in [3.8, 4) is 11.5 Å². The van der Waals surface area contributed by atoms with Gasteiger partial charge in [-0.2, -0.15) is 0 Å². The first kappa shape index (κ1) is 18.3. The van der Waals surface area contributed by atoms with E-state index in [1.54, 1.807) is 18.2 Å². The van der Waals surface area contributed by atoms with Crippen molar-refractivity contribution in [2.75, 3.05) is 32.6 Å². The van der Waals surface area contributed by atoms with Crippen LogP contribution in [-0.4, -0.2) is 49.2 Å². The van der Waals surface area contributed by atoms with Gasteiger partial charge < -0.3 is 24.2 Å². The number of anilines is 1. The highest BCUT2D eigenvalue weighted by molar-refractivity contribution is 6.02. The first-order valence-electron chi connectivity index (χ1n) is 7.81. The molecule has 0 spiro atoms. The molecule has 8 heteroatoms. The Hall–Kier alpha value is -3.03. The van der Waals surface area contributed by atoms with E-state index in [0.717, 1.165) is 0 Å². The third kappa shape index (κ3) is 4.50. The number of hydrogen-bond donors (Lipinski definition) is 1. The minimum atomic E-state index is -0.371. The second-order valence-electron chi connectivity index (χ2n) is 5.20. The summed E-state index contributed by atoms with van der Waals surface area (Å²) in [6, 6.07) is 6.60. The molecule has 2 amide bonds. The summed E-state index contributed by atoms with van der Waals surface area (Å²) in [4.78, 5) is 26.6. The van der Waals surface area contributed by atoms with Gasteiger partial charge in [-0.05, 0) is 18.6 Å². The van der Waals surface area contributed by atoms with Crippen LogP contribution in [-0.2, 0) is 4.79 Å². The average Bonchev–Trinajstić information content (AvgIpc) is 3.12. The Morgan fingerprint density at radius 2 is 1.88 bits per heavy atom. The second kappa shape index (κ2) is 8.72. The molecule has 1 N–H and O–H groups in total. The lowest BCUT2D eigenvalue weighted by Gasteiger charge is -2.23. The van der Waals surface area contributed by atoms with E-state index in [-0.39, 0.29) is 23.9 Å². The highest BCUT2D eigenvalue weighted by atomic mass is 16.5. The van der Waals surface area contributed by atoms with Crippen molar-refractivity contribution in [1.82, 2.24) is 10.1 Å². The van der Waals surface area contributed by atoms with Crippen LogP contribution in [0.4, 0.5) is 5.82 Å². The zero-order chi connectivity index (χ0) is 18.2. The number of carbonyl (C=O) groups excluding carboxylic acids is 2. The highest BCUT2D eigenvalue weighted by Gasteiger charge is 2.25. The van der Waals surface area contributed by atoms with Gasteiger partial charge in [-0.3, -0.25) is 9.59 Å². The average molecular weight is 347 g/mol. The minimum absolute atomic E-state index is 0.124. The van der Waals surface area contributed by atoms with Gasteiger partial charge in [0.15, 0.2) is 5.82 Å². The number of benzene rings is 1. The number of rotatable bonds is 8. The van der Waals surface area contributed by atoms with Crippen LogP contribution in [0.15, 0.2) is 35.1 Å². The van der Waals surface area contributed by atoms with E-state index in [0.29, 0.717) is 30.3 Å². The largest absolute Gasteiger partial charge is 0.496 e. The third-order valence-corrected chi connectivity index (χ3v) is 3.46. The molecule has 0 saturated heterocycles. The highest BCUT2D eigenvalue weighted by Crippen LogP contribution is 2.29. The van der Waals surface area contributed by atoms with Gasteiger partial charge in [0.25, 0.3) is 5.91 Å². The van der Waals surface area contributed by atoms with Crippen molar-refractivity contribution in [3.05, 3.63) is 36.1 Å². The molecule has 0 radical (unpaired) electrons. The number of hydrogen-bond acceptors (Lipinski definition) is 6. The number of aromatic nitrogens is 1. The normalized spacial score (nSPS) is 10.2. The molecular weight excluding hydrogens is 326 g/mol. The van der Waals surface area contributed by atoms with E-state index in [9.17, 15) is 9.59 Å². The first-order chi connectivity index (χ1) is 12.1. The third-order valence-electron chi connectivity index (χ3n) is 3.46. The van der Waals surface area contributed by atoms with E-state index in [1.165, 1.54) is 31.4 Å². The summed E-state index contributed by atoms with van der Waals surface area (Å²) in [5.74, 6) is 0.365. The molecule has 0 aliphatic carbocycles. The monoisotopic (exact) mass is 347 g/mol. The molecule has 8 nitrogen and oxygen atoms in total. The maximum Gasteiger partial charge on any atom is 0.261 e. The summed E-state index contributed by atoms with van der Waals surface area (Å²) >= 11 is 0. The Labute approximate surface area is 145 Å². The summed E-state index contributed by atoms with van der Waals surface area (Å²) in [5, 5.41) is 6.19. The van der Waals surface area contributed by atoms with Crippen LogP contribution in [0.1, 0.15) is 23.7 Å². The lowest BCUT2D eigenvalue weighted by atomic mass is 10.1. The molecule has 1 heterocycles. The van der Waals surface area contributed by atoms with Gasteiger partial charge in [-0.15, -0.1) is 0 Å². The van der Waals surface area contributed by atoms with Crippen molar-refractivity contribution < 1.29 is 23.6 Å². The molecule has 1 aromatic carbocycles. The molecule has 0 saturated carbocycles. The van der Waals surface area contributed by atoms with Crippen LogP contribution < -0.4 is 14.8 Å². The molecule has 0 aliphatic heterocycles. The fourth-order valence-electron chi connectivity index (χ4n) is 2.38. The van der Waals surface area contributed by atoms with Crippen LogP contribution in [0.5, 0.6) is 11.5 Å². The number of carbonyl (C=O) groups is 2. The fraction of sp³-hybridized carbons (Fsp3) is 0.353. The van der Waals surface area contributed by atoms with Crippen molar-refractivity contribution in [2.45, 2.75) is 13.3 Å².